The molecule has 1 amide bonds. The lowest BCUT2D eigenvalue weighted by molar-refractivity contribution is -0.125. The molecule has 3 aliphatic heterocycles. The maximum Gasteiger partial charge on any atom is 0.225 e. The summed E-state index contributed by atoms with van der Waals surface area (Å²) in [6.45, 7) is 5.52. The van der Waals surface area contributed by atoms with Crippen LogP contribution < -0.4 is 5.32 Å². The average molecular weight is 314 g/mol. The van der Waals surface area contributed by atoms with Crippen molar-refractivity contribution in [3.63, 3.8) is 0 Å². The van der Waals surface area contributed by atoms with Gasteiger partial charge in [0.25, 0.3) is 0 Å². The number of rotatable bonds is 5. The number of nitrogens with zero attached hydrogens (tertiary/aromatic N) is 1. The molecular formula is C16H27FN2O3. The molecule has 3 heterocycles. The Morgan fingerprint density at radius 3 is 2.55 bits per heavy atom. The van der Waals surface area contributed by atoms with E-state index in [1.165, 1.54) is 0 Å². The van der Waals surface area contributed by atoms with Gasteiger partial charge in [0.1, 0.15) is 5.67 Å². The molecule has 3 aliphatic rings. The number of piperidine rings is 1. The van der Waals surface area contributed by atoms with Gasteiger partial charge in [0.05, 0.1) is 25.7 Å². The second-order valence-corrected chi connectivity index (χ2v) is 6.96. The number of hydrogen-bond acceptors (Lipinski definition) is 4. The van der Waals surface area contributed by atoms with Crippen molar-refractivity contribution in [3.05, 3.63) is 0 Å². The van der Waals surface area contributed by atoms with Crippen LogP contribution in [0.2, 0.25) is 0 Å². The fraction of sp³-hybridized carbons (Fsp3) is 0.938. The first-order valence-electron chi connectivity index (χ1n) is 8.49. The standard InChI is InChI=1S/C16H27FN2O3/c17-16(12-18-15(20)14-2-8-22-11-14)3-5-19(6-4-16)9-13-1-7-21-10-13/h13-14H,1-12H2,(H,18,20). The van der Waals surface area contributed by atoms with Crippen molar-refractivity contribution < 1.29 is 18.7 Å². The van der Waals surface area contributed by atoms with Crippen LogP contribution in [0.4, 0.5) is 4.39 Å². The lowest BCUT2D eigenvalue weighted by Gasteiger charge is -2.37. The van der Waals surface area contributed by atoms with Gasteiger partial charge < -0.3 is 19.7 Å². The predicted molar refractivity (Wildman–Crippen MR) is 80.4 cm³/mol. The Bertz CT molecular complexity index is 374. The Kier molecular flexibility index (Phi) is 5.31. The van der Waals surface area contributed by atoms with E-state index < -0.39 is 5.67 Å². The number of halogens is 1. The average Bonchev–Trinajstić information content (AvgIpc) is 3.21. The number of nitrogens with one attached hydrogen (secondary N) is 1. The zero-order chi connectivity index (χ0) is 15.4. The number of likely N-dealkylation sites (tertiary alicyclic amines) is 1. The Hall–Kier alpha value is -0.720. The van der Waals surface area contributed by atoms with Gasteiger partial charge in [0.2, 0.25) is 5.91 Å². The van der Waals surface area contributed by atoms with E-state index in [0.717, 1.165) is 45.7 Å². The van der Waals surface area contributed by atoms with E-state index >= 15 is 0 Å². The number of alkyl halides is 1. The maximum absolute atomic E-state index is 14.8. The highest BCUT2D eigenvalue weighted by Gasteiger charge is 2.36. The highest BCUT2D eigenvalue weighted by Crippen LogP contribution is 2.27. The van der Waals surface area contributed by atoms with Crippen LogP contribution in [-0.2, 0) is 14.3 Å². The van der Waals surface area contributed by atoms with Gasteiger partial charge in [-0.25, -0.2) is 4.39 Å². The quantitative estimate of drug-likeness (QED) is 0.822. The van der Waals surface area contributed by atoms with Crippen molar-refractivity contribution >= 4 is 5.91 Å². The fourth-order valence-corrected chi connectivity index (χ4v) is 3.54. The molecule has 126 valence electrons. The molecule has 0 aromatic rings. The van der Waals surface area contributed by atoms with E-state index in [-0.39, 0.29) is 18.4 Å². The van der Waals surface area contributed by atoms with Crippen molar-refractivity contribution in [3.8, 4) is 0 Å². The molecule has 6 heteroatoms. The summed E-state index contributed by atoms with van der Waals surface area (Å²) < 4.78 is 25.4. The topological polar surface area (TPSA) is 50.8 Å². The molecule has 3 saturated heterocycles. The van der Waals surface area contributed by atoms with Crippen molar-refractivity contribution in [2.45, 2.75) is 31.4 Å². The first kappa shape index (κ1) is 16.1. The van der Waals surface area contributed by atoms with Crippen LogP contribution in [0.5, 0.6) is 0 Å². The number of carbonyl (C=O) groups excluding carboxylic acids is 1. The molecule has 0 aliphatic carbocycles. The summed E-state index contributed by atoms with van der Waals surface area (Å²) >= 11 is 0. The van der Waals surface area contributed by atoms with Crippen LogP contribution in [0.3, 0.4) is 0 Å². The summed E-state index contributed by atoms with van der Waals surface area (Å²) in [5.74, 6) is 0.459. The minimum Gasteiger partial charge on any atom is -0.381 e. The normalized spacial score (nSPS) is 32.2. The van der Waals surface area contributed by atoms with E-state index in [1.807, 2.05) is 0 Å². The summed E-state index contributed by atoms with van der Waals surface area (Å²) in [7, 11) is 0. The summed E-state index contributed by atoms with van der Waals surface area (Å²) in [5.41, 5.74) is -1.25. The fourth-order valence-electron chi connectivity index (χ4n) is 3.54. The second kappa shape index (κ2) is 7.23. The molecule has 3 fully saturated rings. The highest BCUT2D eigenvalue weighted by molar-refractivity contribution is 5.79. The van der Waals surface area contributed by atoms with E-state index in [1.54, 1.807) is 0 Å². The summed E-state index contributed by atoms with van der Waals surface area (Å²) in [6, 6.07) is 0. The SMILES string of the molecule is O=C(NCC1(F)CCN(CC2CCOC2)CC1)C1CCOC1. The summed E-state index contributed by atoms with van der Waals surface area (Å²) in [6.07, 6.45) is 2.88. The van der Waals surface area contributed by atoms with Crippen molar-refractivity contribution in [2.75, 3.05) is 52.6 Å². The van der Waals surface area contributed by atoms with Gasteiger partial charge in [-0.2, -0.15) is 0 Å². The number of carbonyl (C=O) groups is 1. The summed E-state index contributed by atoms with van der Waals surface area (Å²) in [4.78, 5) is 14.3. The zero-order valence-corrected chi connectivity index (χ0v) is 13.2. The molecule has 2 atom stereocenters. The van der Waals surface area contributed by atoms with E-state index in [4.69, 9.17) is 9.47 Å². The third-order valence-corrected chi connectivity index (χ3v) is 5.17. The number of hydrogen-bond donors (Lipinski definition) is 1. The van der Waals surface area contributed by atoms with Gasteiger partial charge in [-0.3, -0.25) is 4.79 Å². The van der Waals surface area contributed by atoms with Crippen LogP contribution in [0.15, 0.2) is 0 Å². The van der Waals surface area contributed by atoms with Crippen LogP contribution in [0.1, 0.15) is 25.7 Å². The molecule has 2 unspecified atom stereocenters. The van der Waals surface area contributed by atoms with E-state index in [0.29, 0.717) is 32.0 Å². The Morgan fingerprint density at radius 2 is 1.91 bits per heavy atom. The molecule has 0 bridgehead atoms. The van der Waals surface area contributed by atoms with Crippen LogP contribution in [0.25, 0.3) is 0 Å². The van der Waals surface area contributed by atoms with Gasteiger partial charge >= 0.3 is 0 Å². The molecule has 5 nitrogen and oxygen atoms in total. The Labute approximate surface area is 131 Å². The minimum atomic E-state index is -1.25. The molecule has 0 spiro atoms. The highest BCUT2D eigenvalue weighted by atomic mass is 19.1. The molecule has 0 aromatic heterocycles. The van der Waals surface area contributed by atoms with Gasteiger partial charge in [0.15, 0.2) is 0 Å². The van der Waals surface area contributed by atoms with Crippen LogP contribution in [0, 0.1) is 11.8 Å². The lowest BCUT2D eigenvalue weighted by atomic mass is 9.92. The van der Waals surface area contributed by atoms with Gasteiger partial charge in [-0.1, -0.05) is 0 Å². The van der Waals surface area contributed by atoms with Gasteiger partial charge in [-0.15, -0.1) is 0 Å². The van der Waals surface area contributed by atoms with Gasteiger partial charge in [0, 0.05) is 32.8 Å². The van der Waals surface area contributed by atoms with Crippen molar-refractivity contribution in [2.24, 2.45) is 11.8 Å². The van der Waals surface area contributed by atoms with Crippen LogP contribution in [-0.4, -0.2) is 69.1 Å². The molecule has 1 N–H and O–H groups in total. The molecule has 22 heavy (non-hydrogen) atoms. The number of ether oxygens (including phenoxy) is 2. The predicted octanol–water partition coefficient (Wildman–Crippen LogP) is 0.980. The first-order valence-corrected chi connectivity index (χ1v) is 8.49. The molecular weight excluding hydrogens is 287 g/mol. The second-order valence-electron chi connectivity index (χ2n) is 6.96. The molecule has 0 aromatic carbocycles. The monoisotopic (exact) mass is 314 g/mol. The van der Waals surface area contributed by atoms with E-state index in [9.17, 15) is 9.18 Å². The number of amides is 1. The summed E-state index contributed by atoms with van der Waals surface area (Å²) in [5, 5.41) is 2.79. The maximum atomic E-state index is 14.8. The molecule has 0 radical (unpaired) electrons. The van der Waals surface area contributed by atoms with E-state index in [2.05, 4.69) is 10.2 Å². The molecule has 3 rings (SSSR count). The van der Waals surface area contributed by atoms with Gasteiger partial charge in [-0.05, 0) is 31.6 Å². The lowest BCUT2D eigenvalue weighted by Crippen LogP contribution is -2.49. The Balaban J connectivity index is 1.38. The third kappa shape index (κ3) is 4.18. The largest absolute Gasteiger partial charge is 0.381 e. The van der Waals surface area contributed by atoms with Crippen LogP contribution >= 0.6 is 0 Å². The minimum absolute atomic E-state index is 0.0555. The third-order valence-electron chi connectivity index (χ3n) is 5.17. The zero-order valence-electron chi connectivity index (χ0n) is 13.2. The smallest absolute Gasteiger partial charge is 0.225 e. The first-order chi connectivity index (χ1) is 10.6. The van der Waals surface area contributed by atoms with Crippen molar-refractivity contribution in [1.82, 2.24) is 10.2 Å². The van der Waals surface area contributed by atoms with Crippen molar-refractivity contribution in [1.29, 1.82) is 0 Å². The molecule has 0 saturated carbocycles. The Morgan fingerprint density at radius 1 is 1.18 bits per heavy atom.